The lowest BCUT2D eigenvalue weighted by Crippen LogP contribution is -2.50. The van der Waals surface area contributed by atoms with Gasteiger partial charge in [0.1, 0.15) is 0 Å². The maximum atomic E-state index is 12.2. The van der Waals surface area contributed by atoms with E-state index in [0.29, 0.717) is 11.5 Å². The van der Waals surface area contributed by atoms with Gasteiger partial charge >= 0.3 is 6.03 Å². The minimum atomic E-state index is -0.0658. The van der Waals surface area contributed by atoms with Gasteiger partial charge in [0.05, 0.1) is 11.6 Å². The maximum Gasteiger partial charge on any atom is 0.321 e. The molecule has 2 amide bonds. The smallest absolute Gasteiger partial charge is 0.321 e. The van der Waals surface area contributed by atoms with Gasteiger partial charge in [-0.1, -0.05) is 13.8 Å². The molecule has 1 heterocycles. The normalized spacial score (nSPS) is 15.8. The number of rotatable bonds is 3. The second-order valence-corrected chi connectivity index (χ2v) is 5.80. The van der Waals surface area contributed by atoms with E-state index in [0.717, 1.165) is 38.4 Å². The van der Waals surface area contributed by atoms with Gasteiger partial charge in [-0.3, -0.25) is 4.90 Å². The summed E-state index contributed by atoms with van der Waals surface area (Å²) >= 11 is 0. The van der Waals surface area contributed by atoms with Crippen LogP contribution in [0.5, 0.6) is 0 Å². The summed E-state index contributed by atoms with van der Waals surface area (Å²) in [5.41, 5.74) is 1.32. The molecule has 0 unspecified atom stereocenters. The fourth-order valence-electron chi connectivity index (χ4n) is 2.48. The van der Waals surface area contributed by atoms with Crippen LogP contribution in [0, 0.1) is 17.2 Å². The highest BCUT2D eigenvalue weighted by atomic mass is 16.2. The van der Waals surface area contributed by atoms with Crippen molar-refractivity contribution in [3.8, 4) is 6.07 Å². The Labute approximate surface area is 126 Å². The minimum absolute atomic E-state index is 0.0658. The summed E-state index contributed by atoms with van der Waals surface area (Å²) < 4.78 is 0. The molecule has 1 aliphatic rings. The van der Waals surface area contributed by atoms with E-state index < -0.39 is 0 Å². The molecule has 5 heteroatoms. The lowest BCUT2D eigenvalue weighted by Gasteiger charge is -2.35. The number of anilines is 1. The van der Waals surface area contributed by atoms with Gasteiger partial charge in [-0.05, 0) is 30.2 Å². The summed E-state index contributed by atoms with van der Waals surface area (Å²) in [5.74, 6) is 0.657. The van der Waals surface area contributed by atoms with E-state index in [2.05, 4.69) is 30.1 Å². The molecule has 1 N–H and O–H groups in total. The zero-order valence-corrected chi connectivity index (χ0v) is 12.7. The third kappa shape index (κ3) is 4.47. The summed E-state index contributed by atoms with van der Waals surface area (Å²) in [6.45, 7) is 8.89. The van der Waals surface area contributed by atoms with E-state index in [-0.39, 0.29) is 6.03 Å². The van der Waals surface area contributed by atoms with E-state index in [9.17, 15) is 4.79 Å². The molecule has 1 aliphatic heterocycles. The highest BCUT2D eigenvalue weighted by Crippen LogP contribution is 2.11. The van der Waals surface area contributed by atoms with Gasteiger partial charge in [-0.25, -0.2) is 4.79 Å². The Kier molecular flexibility index (Phi) is 5.18. The van der Waals surface area contributed by atoms with Gasteiger partial charge in [0.2, 0.25) is 0 Å². The van der Waals surface area contributed by atoms with Crippen molar-refractivity contribution in [2.75, 3.05) is 38.0 Å². The van der Waals surface area contributed by atoms with Crippen LogP contribution in [-0.4, -0.2) is 48.6 Å². The molecule has 0 radical (unpaired) electrons. The number of carbonyl (C=O) groups is 1. The van der Waals surface area contributed by atoms with Gasteiger partial charge in [-0.2, -0.15) is 5.26 Å². The Morgan fingerprint density at radius 3 is 2.38 bits per heavy atom. The quantitative estimate of drug-likeness (QED) is 0.928. The van der Waals surface area contributed by atoms with Crippen molar-refractivity contribution in [2.24, 2.45) is 5.92 Å². The summed E-state index contributed by atoms with van der Waals surface area (Å²) in [6.07, 6.45) is 0. The SMILES string of the molecule is CC(C)CN1CCN(C(=O)Nc2ccc(C#N)cc2)CC1. The predicted octanol–water partition coefficient (Wildman–Crippen LogP) is 2.36. The monoisotopic (exact) mass is 286 g/mol. The first-order chi connectivity index (χ1) is 10.1. The third-order valence-corrected chi connectivity index (χ3v) is 3.55. The Bertz CT molecular complexity index is 510. The summed E-state index contributed by atoms with van der Waals surface area (Å²) in [7, 11) is 0. The van der Waals surface area contributed by atoms with Crippen LogP contribution in [0.3, 0.4) is 0 Å². The summed E-state index contributed by atoms with van der Waals surface area (Å²) in [4.78, 5) is 16.4. The predicted molar refractivity (Wildman–Crippen MR) is 83.0 cm³/mol. The average Bonchev–Trinajstić information content (AvgIpc) is 2.48. The van der Waals surface area contributed by atoms with E-state index in [1.807, 2.05) is 4.90 Å². The molecule has 112 valence electrons. The number of hydrogen-bond donors (Lipinski definition) is 1. The number of nitrogens with zero attached hydrogens (tertiary/aromatic N) is 3. The molecule has 0 spiro atoms. The van der Waals surface area contributed by atoms with E-state index in [4.69, 9.17) is 5.26 Å². The fraction of sp³-hybridized carbons (Fsp3) is 0.500. The van der Waals surface area contributed by atoms with E-state index in [1.54, 1.807) is 24.3 Å². The van der Waals surface area contributed by atoms with Crippen molar-refractivity contribution in [1.82, 2.24) is 9.80 Å². The van der Waals surface area contributed by atoms with Gasteiger partial charge in [0.25, 0.3) is 0 Å². The molecular formula is C16H22N4O. The molecule has 1 aromatic carbocycles. The maximum absolute atomic E-state index is 12.2. The molecule has 0 atom stereocenters. The van der Waals surface area contributed by atoms with Crippen LogP contribution in [0.15, 0.2) is 24.3 Å². The Morgan fingerprint density at radius 2 is 1.86 bits per heavy atom. The fourth-order valence-corrected chi connectivity index (χ4v) is 2.48. The molecule has 0 aromatic heterocycles. The van der Waals surface area contributed by atoms with Gasteiger partial charge < -0.3 is 10.2 Å². The second-order valence-electron chi connectivity index (χ2n) is 5.80. The van der Waals surface area contributed by atoms with Crippen LogP contribution >= 0.6 is 0 Å². The van der Waals surface area contributed by atoms with Crippen molar-refractivity contribution in [3.63, 3.8) is 0 Å². The van der Waals surface area contributed by atoms with Crippen LogP contribution in [0.1, 0.15) is 19.4 Å². The van der Waals surface area contributed by atoms with Crippen molar-refractivity contribution < 1.29 is 4.79 Å². The van der Waals surface area contributed by atoms with Crippen molar-refractivity contribution in [2.45, 2.75) is 13.8 Å². The van der Waals surface area contributed by atoms with Gasteiger partial charge in [-0.15, -0.1) is 0 Å². The second kappa shape index (κ2) is 7.09. The molecule has 1 saturated heterocycles. The zero-order chi connectivity index (χ0) is 15.2. The van der Waals surface area contributed by atoms with Crippen molar-refractivity contribution in [1.29, 1.82) is 5.26 Å². The van der Waals surface area contributed by atoms with E-state index in [1.165, 1.54) is 0 Å². The first-order valence-electron chi connectivity index (χ1n) is 7.37. The van der Waals surface area contributed by atoms with Crippen LogP contribution in [0.4, 0.5) is 10.5 Å². The molecule has 21 heavy (non-hydrogen) atoms. The van der Waals surface area contributed by atoms with Crippen LogP contribution in [0.2, 0.25) is 0 Å². The Morgan fingerprint density at radius 1 is 1.24 bits per heavy atom. The summed E-state index contributed by atoms with van der Waals surface area (Å²) in [6, 6.07) is 8.92. The Hall–Kier alpha value is -2.06. The zero-order valence-electron chi connectivity index (χ0n) is 12.7. The number of amides is 2. The average molecular weight is 286 g/mol. The van der Waals surface area contributed by atoms with E-state index >= 15 is 0 Å². The van der Waals surface area contributed by atoms with Gasteiger partial charge in [0, 0.05) is 38.4 Å². The lowest BCUT2D eigenvalue weighted by atomic mass is 10.2. The van der Waals surface area contributed by atoms with Crippen molar-refractivity contribution >= 4 is 11.7 Å². The third-order valence-electron chi connectivity index (χ3n) is 3.55. The number of piperazine rings is 1. The molecule has 0 bridgehead atoms. The minimum Gasteiger partial charge on any atom is -0.322 e. The first kappa shape index (κ1) is 15.3. The topological polar surface area (TPSA) is 59.4 Å². The molecule has 0 aliphatic carbocycles. The molecular weight excluding hydrogens is 264 g/mol. The van der Waals surface area contributed by atoms with Crippen LogP contribution in [-0.2, 0) is 0 Å². The number of benzene rings is 1. The molecule has 2 rings (SSSR count). The number of carbonyl (C=O) groups excluding carboxylic acids is 1. The largest absolute Gasteiger partial charge is 0.322 e. The number of hydrogen-bond acceptors (Lipinski definition) is 3. The standard InChI is InChI=1S/C16H22N4O/c1-13(2)12-19-7-9-20(10-8-19)16(21)18-15-5-3-14(11-17)4-6-15/h3-6,13H,7-10,12H2,1-2H3,(H,18,21). The molecule has 5 nitrogen and oxygen atoms in total. The molecule has 1 fully saturated rings. The highest BCUT2D eigenvalue weighted by molar-refractivity contribution is 5.89. The van der Waals surface area contributed by atoms with Crippen LogP contribution < -0.4 is 5.32 Å². The van der Waals surface area contributed by atoms with Crippen molar-refractivity contribution in [3.05, 3.63) is 29.8 Å². The number of nitrogens with one attached hydrogen (secondary N) is 1. The lowest BCUT2D eigenvalue weighted by molar-refractivity contribution is 0.138. The number of urea groups is 1. The van der Waals surface area contributed by atoms with Crippen LogP contribution in [0.25, 0.3) is 0 Å². The highest BCUT2D eigenvalue weighted by Gasteiger charge is 2.21. The molecule has 0 saturated carbocycles. The number of nitriles is 1. The Balaban J connectivity index is 1.83. The van der Waals surface area contributed by atoms with Gasteiger partial charge in [0.15, 0.2) is 0 Å². The summed E-state index contributed by atoms with van der Waals surface area (Å²) in [5, 5.41) is 11.6. The molecule has 1 aromatic rings. The first-order valence-corrected chi connectivity index (χ1v) is 7.37.